The lowest BCUT2D eigenvalue weighted by atomic mass is 10.1. The summed E-state index contributed by atoms with van der Waals surface area (Å²) in [5.74, 6) is -0.692. The van der Waals surface area contributed by atoms with Gasteiger partial charge in [0.15, 0.2) is 6.10 Å². The number of rotatable bonds is 31. The zero-order valence-electron chi connectivity index (χ0n) is 30.2. The molecule has 0 heterocycles. The maximum atomic E-state index is 12.1. The van der Waals surface area contributed by atoms with Gasteiger partial charge in [-0.05, 0) is 96.3 Å². The van der Waals surface area contributed by atoms with Crippen molar-refractivity contribution in [2.75, 3.05) is 13.2 Å². The van der Waals surface area contributed by atoms with Crippen molar-refractivity contribution in [3.63, 3.8) is 0 Å². The molecule has 0 bridgehead atoms. The second-order valence-electron chi connectivity index (χ2n) is 11.5. The summed E-state index contributed by atoms with van der Waals surface area (Å²) in [5.41, 5.74) is 0. The first-order chi connectivity index (χ1) is 23.6. The van der Waals surface area contributed by atoms with E-state index in [0.717, 1.165) is 96.3 Å². The van der Waals surface area contributed by atoms with Crippen LogP contribution in [0.1, 0.15) is 129 Å². The van der Waals surface area contributed by atoms with Crippen molar-refractivity contribution in [3.8, 4) is 0 Å². The number of carbonyl (C=O) groups excluding carboxylic acids is 2. The van der Waals surface area contributed by atoms with Crippen molar-refractivity contribution in [2.45, 2.75) is 136 Å². The number of hydrogen-bond acceptors (Lipinski definition) is 5. The Morgan fingerprint density at radius 1 is 0.479 bits per heavy atom. The van der Waals surface area contributed by atoms with E-state index in [4.69, 9.17) is 9.47 Å². The Morgan fingerprint density at radius 3 is 1.25 bits per heavy atom. The number of ether oxygens (including phenoxy) is 2. The molecule has 1 atom stereocenters. The maximum Gasteiger partial charge on any atom is 0.306 e. The van der Waals surface area contributed by atoms with Crippen LogP contribution in [0, 0.1) is 0 Å². The summed E-state index contributed by atoms with van der Waals surface area (Å²) in [6, 6.07) is 0. The number of allylic oxidation sites excluding steroid dienone is 18. The first-order valence-electron chi connectivity index (χ1n) is 18.4. The molecule has 0 rings (SSSR count). The van der Waals surface area contributed by atoms with Crippen molar-refractivity contribution >= 4 is 11.9 Å². The summed E-state index contributed by atoms with van der Waals surface area (Å²) < 4.78 is 10.5. The molecule has 0 amide bonds. The Balaban J connectivity index is 3.76. The zero-order valence-corrected chi connectivity index (χ0v) is 30.2. The molecular weight excluding hydrogens is 596 g/mol. The van der Waals surface area contributed by atoms with Gasteiger partial charge in [-0.25, -0.2) is 0 Å². The fourth-order valence-electron chi connectivity index (χ4n) is 4.33. The van der Waals surface area contributed by atoms with Gasteiger partial charge in [-0.2, -0.15) is 0 Å². The number of esters is 2. The molecule has 0 aliphatic rings. The summed E-state index contributed by atoms with van der Waals surface area (Å²) in [4.78, 5) is 24.2. The van der Waals surface area contributed by atoms with E-state index in [9.17, 15) is 14.7 Å². The molecule has 0 saturated heterocycles. The third-order valence-corrected chi connectivity index (χ3v) is 7.06. The van der Waals surface area contributed by atoms with E-state index < -0.39 is 6.10 Å². The molecule has 48 heavy (non-hydrogen) atoms. The Morgan fingerprint density at radius 2 is 0.833 bits per heavy atom. The van der Waals surface area contributed by atoms with E-state index in [2.05, 4.69) is 123 Å². The van der Waals surface area contributed by atoms with Crippen LogP contribution in [0.4, 0.5) is 0 Å². The molecule has 0 aliphatic carbocycles. The normalized spacial score (nSPS) is 13.5. The number of carbonyl (C=O) groups is 2. The van der Waals surface area contributed by atoms with Crippen molar-refractivity contribution in [1.82, 2.24) is 0 Å². The van der Waals surface area contributed by atoms with Gasteiger partial charge in [0.1, 0.15) is 6.61 Å². The molecule has 268 valence electrons. The van der Waals surface area contributed by atoms with Crippen molar-refractivity contribution in [2.24, 2.45) is 0 Å². The minimum Gasteiger partial charge on any atom is -0.462 e. The van der Waals surface area contributed by atoms with E-state index in [1.165, 1.54) is 0 Å². The van der Waals surface area contributed by atoms with E-state index in [1.807, 2.05) is 0 Å². The SMILES string of the molecule is CCC=CCC=CCC=CCC=CCC=CCCCCCC(=O)OC[C@H](CO)OC(=O)CCCCC=CCC=CCC=CCC=CCC. The number of aliphatic hydroxyl groups is 1. The fraction of sp³-hybridized carbons (Fsp3) is 0.535. The van der Waals surface area contributed by atoms with E-state index in [0.29, 0.717) is 12.8 Å². The predicted octanol–water partition coefficient (Wildman–Crippen LogP) is 11.5. The summed E-state index contributed by atoms with van der Waals surface area (Å²) >= 11 is 0. The second kappa shape index (κ2) is 38.0. The predicted molar refractivity (Wildman–Crippen MR) is 205 cm³/mol. The van der Waals surface area contributed by atoms with Crippen molar-refractivity contribution < 1.29 is 24.2 Å². The van der Waals surface area contributed by atoms with Crippen LogP contribution < -0.4 is 0 Å². The monoisotopic (exact) mass is 662 g/mol. The lowest BCUT2D eigenvalue weighted by Crippen LogP contribution is -2.28. The van der Waals surface area contributed by atoms with Crippen LogP contribution in [0.5, 0.6) is 0 Å². The molecule has 0 aromatic rings. The Bertz CT molecular complexity index is 1020. The van der Waals surface area contributed by atoms with Crippen LogP contribution in [0.3, 0.4) is 0 Å². The van der Waals surface area contributed by atoms with Crippen LogP contribution in [0.25, 0.3) is 0 Å². The highest BCUT2D eigenvalue weighted by atomic mass is 16.6. The zero-order chi connectivity index (χ0) is 35.0. The third kappa shape index (κ3) is 35.4. The topological polar surface area (TPSA) is 72.8 Å². The molecule has 0 aliphatic heterocycles. The first-order valence-corrected chi connectivity index (χ1v) is 18.4. The average Bonchev–Trinajstić information content (AvgIpc) is 3.09. The fourth-order valence-corrected chi connectivity index (χ4v) is 4.33. The lowest BCUT2D eigenvalue weighted by molar-refractivity contribution is -0.161. The van der Waals surface area contributed by atoms with Gasteiger partial charge in [0.2, 0.25) is 0 Å². The highest BCUT2D eigenvalue weighted by Gasteiger charge is 2.15. The molecule has 5 heteroatoms. The van der Waals surface area contributed by atoms with Gasteiger partial charge < -0.3 is 14.6 Å². The first kappa shape index (κ1) is 44.6. The maximum absolute atomic E-state index is 12.1. The van der Waals surface area contributed by atoms with Gasteiger partial charge in [-0.1, -0.05) is 130 Å². The molecular formula is C43H66O5. The minimum absolute atomic E-state index is 0.108. The van der Waals surface area contributed by atoms with Crippen LogP contribution in [-0.4, -0.2) is 36.4 Å². The molecule has 0 spiro atoms. The van der Waals surface area contributed by atoms with Crippen LogP contribution >= 0.6 is 0 Å². The Kier molecular flexibility index (Phi) is 35.3. The largest absolute Gasteiger partial charge is 0.462 e. The molecule has 0 aromatic heterocycles. The van der Waals surface area contributed by atoms with Crippen LogP contribution in [0.15, 0.2) is 109 Å². The summed E-state index contributed by atoms with van der Waals surface area (Å²) in [6.07, 6.45) is 54.3. The van der Waals surface area contributed by atoms with E-state index in [1.54, 1.807) is 0 Å². The molecule has 1 N–H and O–H groups in total. The minimum atomic E-state index is -0.814. The van der Waals surface area contributed by atoms with Crippen LogP contribution in [0.2, 0.25) is 0 Å². The molecule has 0 fully saturated rings. The Labute approximate surface area is 293 Å². The molecule has 0 unspecified atom stereocenters. The van der Waals surface area contributed by atoms with Crippen LogP contribution in [-0.2, 0) is 19.1 Å². The number of aliphatic hydroxyl groups excluding tert-OH is 1. The lowest BCUT2D eigenvalue weighted by Gasteiger charge is -2.15. The van der Waals surface area contributed by atoms with Gasteiger partial charge in [-0.15, -0.1) is 0 Å². The molecule has 0 saturated carbocycles. The van der Waals surface area contributed by atoms with Gasteiger partial charge in [0, 0.05) is 12.8 Å². The molecule has 0 aromatic carbocycles. The van der Waals surface area contributed by atoms with Gasteiger partial charge in [0.05, 0.1) is 6.61 Å². The van der Waals surface area contributed by atoms with Crippen molar-refractivity contribution in [3.05, 3.63) is 109 Å². The van der Waals surface area contributed by atoms with Gasteiger partial charge in [-0.3, -0.25) is 9.59 Å². The Hall–Kier alpha value is -3.44. The standard InChI is InChI=1S/C43H66O5/c1-3-5-7-9-11-13-15-17-19-20-21-22-24-25-27-29-31-33-35-37-42(45)47-40-41(39-44)48-43(46)38-36-34-32-30-28-26-23-18-16-14-12-10-8-6-4-2/h5-8,11-14,17-19,21-23,25,27-28,30,41,44H,3-4,9-10,15-16,20,24,26,29,31-40H2,1-2H3/t41-/m0/s1. The number of unbranched alkanes of at least 4 members (excludes halogenated alkanes) is 5. The summed E-state index contributed by atoms with van der Waals surface area (Å²) in [5, 5.41) is 9.53. The highest BCUT2D eigenvalue weighted by molar-refractivity contribution is 5.70. The van der Waals surface area contributed by atoms with Crippen molar-refractivity contribution in [1.29, 1.82) is 0 Å². The molecule has 0 radical (unpaired) electrons. The second-order valence-corrected chi connectivity index (χ2v) is 11.5. The average molecular weight is 663 g/mol. The van der Waals surface area contributed by atoms with Gasteiger partial charge in [0.25, 0.3) is 0 Å². The van der Waals surface area contributed by atoms with E-state index in [-0.39, 0.29) is 31.6 Å². The smallest absolute Gasteiger partial charge is 0.306 e. The summed E-state index contributed by atoms with van der Waals surface area (Å²) in [7, 11) is 0. The quantitative estimate of drug-likeness (QED) is 0.0454. The van der Waals surface area contributed by atoms with E-state index >= 15 is 0 Å². The molecule has 5 nitrogen and oxygen atoms in total. The number of hydrogen-bond donors (Lipinski definition) is 1. The highest BCUT2D eigenvalue weighted by Crippen LogP contribution is 2.08. The third-order valence-electron chi connectivity index (χ3n) is 7.06. The van der Waals surface area contributed by atoms with Gasteiger partial charge >= 0.3 is 11.9 Å². The summed E-state index contributed by atoms with van der Waals surface area (Å²) in [6.45, 7) is 3.81.